The summed E-state index contributed by atoms with van der Waals surface area (Å²) in [6.07, 6.45) is 1.31. The molecule has 0 saturated carbocycles. The summed E-state index contributed by atoms with van der Waals surface area (Å²) in [7, 11) is 0. The van der Waals surface area contributed by atoms with E-state index >= 15 is 0 Å². The Bertz CT molecular complexity index is 835. The van der Waals surface area contributed by atoms with Gasteiger partial charge in [0.25, 0.3) is 0 Å². The van der Waals surface area contributed by atoms with Crippen molar-refractivity contribution in [3.8, 4) is 11.8 Å². The number of ketones is 1. The van der Waals surface area contributed by atoms with Crippen molar-refractivity contribution in [2.45, 2.75) is 0 Å². The molecule has 0 spiro atoms. The quantitative estimate of drug-likeness (QED) is 0.501. The van der Waals surface area contributed by atoms with Gasteiger partial charge in [-0.25, -0.2) is 9.18 Å². The maximum atomic E-state index is 12.9. The number of halogens is 1. The largest absolute Gasteiger partial charge is 0.481 e. The number of allylic oxidation sites excluding steroid dienone is 1. The molecule has 0 fully saturated rings. The predicted molar refractivity (Wildman–Crippen MR) is 83.9 cm³/mol. The zero-order valence-corrected chi connectivity index (χ0v) is 12.4. The van der Waals surface area contributed by atoms with Crippen LogP contribution < -0.4 is 4.74 Å². The number of aliphatic carboxylic acids is 1. The van der Waals surface area contributed by atoms with Crippen LogP contribution in [0.2, 0.25) is 0 Å². The number of nitriles is 1. The van der Waals surface area contributed by atoms with Gasteiger partial charge in [0.05, 0.1) is 0 Å². The lowest BCUT2D eigenvalue weighted by atomic mass is 10.0. The Morgan fingerprint density at radius 3 is 2.46 bits per heavy atom. The molecule has 2 rings (SSSR count). The van der Waals surface area contributed by atoms with E-state index in [1.165, 1.54) is 24.3 Å². The average Bonchev–Trinajstić information content (AvgIpc) is 2.58. The van der Waals surface area contributed by atoms with Crippen molar-refractivity contribution in [1.29, 1.82) is 5.26 Å². The summed E-state index contributed by atoms with van der Waals surface area (Å²) in [6, 6.07) is 13.1. The molecular weight excluding hydrogens is 313 g/mol. The molecule has 0 atom stereocenters. The molecule has 2 aromatic rings. The van der Waals surface area contributed by atoms with E-state index in [1.54, 1.807) is 24.3 Å². The Kier molecular flexibility index (Phi) is 5.42. The molecule has 0 radical (unpaired) electrons. The normalized spacial score (nSPS) is 10.8. The molecule has 0 saturated heterocycles. The van der Waals surface area contributed by atoms with E-state index in [0.29, 0.717) is 5.56 Å². The highest BCUT2D eigenvalue weighted by Gasteiger charge is 2.13. The number of hydrogen-bond acceptors (Lipinski definition) is 4. The van der Waals surface area contributed by atoms with E-state index in [2.05, 4.69) is 0 Å². The van der Waals surface area contributed by atoms with E-state index in [0.717, 1.165) is 12.1 Å². The van der Waals surface area contributed by atoms with Crippen molar-refractivity contribution in [2.24, 2.45) is 0 Å². The third-order valence-electron chi connectivity index (χ3n) is 3.04. The molecule has 0 bridgehead atoms. The summed E-state index contributed by atoms with van der Waals surface area (Å²) in [5, 5.41) is 17.9. The fourth-order valence-corrected chi connectivity index (χ4v) is 1.93. The van der Waals surface area contributed by atoms with Gasteiger partial charge in [0, 0.05) is 11.1 Å². The lowest BCUT2D eigenvalue weighted by Crippen LogP contribution is -2.10. The summed E-state index contributed by atoms with van der Waals surface area (Å²) >= 11 is 0. The summed E-state index contributed by atoms with van der Waals surface area (Å²) in [6.45, 7) is -0.543. The van der Waals surface area contributed by atoms with E-state index in [4.69, 9.17) is 9.84 Å². The summed E-state index contributed by atoms with van der Waals surface area (Å²) in [5.41, 5.74) is 0.395. The van der Waals surface area contributed by atoms with Crippen molar-refractivity contribution in [1.82, 2.24) is 0 Å². The number of nitrogens with zero attached hydrogens (tertiary/aromatic N) is 1. The van der Waals surface area contributed by atoms with Crippen molar-refractivity contribution in [3.05, 3.63) is 71.0 Å². The van der Waals surface area contributed by atoms with Gasteiger partial charge in [-0.15, -0.1) is 0 Å². The number of para-hydroxylation sites is 1. The highest BCUT2D eigenvalue weighted by atomic mass is 19.1. The van der Waals surface area contributed by atoms with Crippen LogP contribution in [0.4, 0.5) is 4.39 Å². The van der Waals surface area contributed by atoms with E-state index in [1.807, 2.05) is 0 Å². The second-order valence-corrected chi connectivity index (χ2v) is 4.73. The van der Waals surface area contributed by atoms with Gasteiger partial charge in [0.1, 0.15) is 23.2 Å². The number of benzene rings is 2. The Hall–Kier alpha value is -3.46. The molecule has 5 nitrogen and oxygen atoms in total. The lowest BCUT2D eigenvalue weighted by molar-refractivity contribution is -0.139. The monoisotopic (exact) mass is 325 g/mol. The zero-order valence-electron chi connectivity index (χ0n) is 12.4. The van der Waals surface area contributed by atoms with E-state index in [9.17, 15) is 19.2 Å². The first-order valence-electron chi connectivity index (χ1n) is 6.87. The minimum absolute atomic E-state index is 0.173. The van der Waals surface area contributed by atoms with Gasteiger partial charge in [0.2, 0.25) is 5.78 Å². The molecule has 0 unspecified atom stereocenters. The lowest BCUT2D eigenvalue weighted by Gasteiger charge is -2.07. The van der Waals surface area contributed by atoms with Crippen LogP contribution in [0.1, 0.15) is 15.9 Å². The molecule has 120 valence electrons. The third-order valence-corrected chi connectivity index (χ3v) is 3.04. The fraction of sp³-hybridized carbons (Fsp3) is 0.0556. The predicted octanol–water partition coefficient (Wildman–Crippen LogP) is 3.08. The van der Waals surface area contributed by atoms with E-state index < -0.39 is 24.2 Å². The standard InChI is InChI=1S/C18H12FNO4/c19-15-7-5-12(6-8-15)18(23)14(10-20)9-13-3-1-2-4-16(13)24-11-17(21)22/h1-9H,11H2,(H,21,22)/b14-9+. The van der Waals surface area contributed by atoms with Crippen molar-refractivity contribution < 1.29 is 23.8 Å². The molecule has 0 amide bonds. The van der Waals surface area contributed by atoms with Gasteiger partial charge < -0.3 is 9.84 Å². The maximum absolute atomic E-state index is 12.9. The molecular formula is C18H12FNO4. The topological polar surface area (TPSA) is 87.4 Å². The molecule has 6 heteroatoms. The molecule has 24 heavy (non-hydrogen) atoms. The maximum Gasteiger partial charge on any atom is 0.341 e. The van der Waals surface area contributed by atoms with Gasteiger partial charge in [-0.05, 0) is 36.4 Å². The first-order valence-corrected chi connectivity index (χ1v) is 6.87. The Balaban J connectivity index is 2.34. The van der Waals surface area contributed by atoms with Crippen molar-refractivity contribution >= 4 is 17.8 Å². The summed E-state index contributed by atoms with van der Waals surface area (Å²) in [4.78, 5) is 22.9. The zero-order chi connectivity index (χ0) is 17.5. The molecule has 0 aliphatic rings. The number of ether oxygens (including phenoxy) is 1. The average molecular weight is 325 g/mol. The van der Waals surface area contributed by atoms with Crippen molar-refractivity contribution in [3.63, 3.8) is 0 Å². The van der Waals surface area contributed by atoms with Crippen LogP contribution in [0.15, 0.2) is 54.1 Å². The summed E-state index contributed by atoms with van der Waals surface area (Å²) in [5.74, 6) is -1.96. The van der Waals surface area contributed by atoms with Gasteiger partial charge in [-0.3, -0.25) is 4.79 Å². The van der Waals surface area contributed by atoms with Crippen LogP contribution in [0.3, 0.4) is 0 Å². The van der Waals surface area contributed by atoms with Gasteiger partial charge in [-0.2, -0.15) is 5.26 Å². The number of Topliss-reactive ketones (excluding diaryl/α,β-unsaturated/α-hetero) is 1. The summed E-state index contributed by atoms with van der Waals surface area (Å²) < 4.78 is 18.1. The van der Waals surface area contributed by atoms with Crippen LogP contribution in [0.5, 0.6) is 5.75 Å². The Morgan fingerprint density at radius 2 is 1.83 bits per heavy atom. The highest BCUT2D eigenvalue weighted by molar-refractivity contribution is 6.14. The van der Waals surface area contributed by atoms with Crippen LogP contribution >= 0.6 is 0 Å². The van der Waals surface area contributed by atoms with Gasteiger partial charge in [0.15, 0.2) is 6.61 Å². The number of hydrogen-bond donors (Lipinski definition) is 1. The molecule has 0 aromatic heterocycles. The second-order valence-electron chi connectivity index (χ2n) is 4.73. The first kappa shape index (κ1) is 16.9. The van der Waals surface area contributed by atoms with Gasteiger partial charge in [-0.1, -0.05) is 18.2 Å². The van der Waals surface area contributed by atoms with Crippen LogP contribution in [-0.2, 0) is 4.79 Å². The Labute approximate surface area is 137 Å². The van der Waals surface area contributed by atoms with Crippen molar-refractivity contribution in [2.75, 3.05) is 6.61 Å². The number of carboxylic acid groups (broad SMARTS) is 1. The SMILES string of the molecule is N#C/C(=C\c1ccccc1OCC(=O)O)C(=O)c1ccc(F)cc1. The first-order chi connectivity index (χ1) is 11.5. The van der Waals surface area contributed by atoms with Crippen LogP contribution in [0.25, 0.3) is 6.08 Å². The molecule has 2 aromatic carbocycles. The number of carbonyl (C=O) groups excluding carboxylic acids is 1. The molecule has 1 N–H and O–H groups in total. The number of carboxylic acids is 1. The minimum Gasteiger partial charge on any atom is -0.481 e. The molecule has 0 aliphatic heterocycles. The highest BCUT2D eigenvalue weighted by Crippen LogP contribution is 2.22. The van der Waals surface area contributed by atoms with Crippen LogP contribution in [-0.4, -0.2) is 23.5 Å². The fourth-order valence-electron chi connectivity index (χ4n) is 1.93. The van der Waals surface area contributed by atoms with Gasteiger partial charge >= 0.3 is 5.97 Å². The minimum atomic E-state index is -1.14. The second kappa shape index (κ2) is 7.70. The molecule has 0 heterocycles. The van der Waals surface area contributed by atoms with Crippen LogP contribution in [0, 0.1) is 17.1 Å². The number of carbonyl (C=O) groups is 2. The smallest absolute Gasteiger partial charge is 0.341 e. The van der Waals surface area contributed by atoms with E-state index in [-0.39, 0.29) is 16.9 Å². The number of rotatable bonds is 6. The molecule has 0 aliphatic carbocycles. The third kappa shape index (κ3) is 4.27. The Morgan fingerprint density at radius 1 is 1.17 bits per heavy atom.